The molecule has 0 radical (unpaired) electrons. The maximum absolute atomic E-state index is 13.0. The number of nitrogens with one attached hydrogen (secondary N) is 2. The summed E-state index contributed by atoms with van der Waals surface area (Å²) < 4.78 is 38.9. The molecule has 2 aromatic rings. The first-order valence-corrected chi connectivity index (χ1v) is 7.61. The van der Waals surface area contributed by atoms with Crippen LogP contribution in [0.25, 0.3) is 0 Å². The summed E-state index contributed by atoms with van der Waals surface area (Å²) in [7, 11) is 0. The third-order valence-electron chi connectivity index (χ3n) is 3.28. The fourth-order valence-corrected chi connectivity index (χ4v) is 2.19. The van der Waals surface area contributed by atoms with Crippen LogP contribution in [0.2, 0.25) is 0 Å². The van der Waals surface area contributed by atoms with Crippen molar-refractivity contribution in [1.29, 1.82) is 0 Å². The van der Waals surface area contributed by atoms with E-state index >= 15 is 0 Å². The zero-order valence-corrected chi connectivity index (χ0v) is 14.2. The van der Waals surface area contributed by atoms with Gasteiger partial charge in [0.25, 0.3) is 5.69 Å². The molecule has 0 aliphatic heterocycles. The van der Waals surface area contributed by atoms with Gasteiger partial charge in [-0.25, -0.2) is 0 Å². The highest BCUT2D eigenvalue weighted by molar-refractivity contribution is 7.80. The number of hydrogen-bond donors (Lipinski definition) is 2. The van der Waals surface area contributed by atoms with Crippen molar-refractivity contribution in [3.8, 4) is 0 Å². The molecule has 0 aliphatic rings. The second kappa shape index (κ2) is 7.91. The maximum Gasteiger partial charge on any atom is 0.418 e. The standard InChI is InChI=1S/C16H13F3N4O2S/c1-10(11-5-4-6-12(9-11)23(24)25)21-22-15(26)20-14-8-3-2-7-13(14)16(17,18)19/h2-9H,1H3,(H2,20,22,26)/b21-10-. The smallest absolute Gasteiger partial charge is 0.331 e. The fraction of sp³-hybridized carbons (Fsp3) is 0.125. The molecule has 136 valence electrons. The summed E-state index contributed by atoms with van der Waals surface area (Å²) in [6.45, 7) is 1.58. The van der Waals surface area contributed by atoms with E-state index in [1.54, 1.807) is 13.0 Å². The van der Waals surface area contributed by atoms with Gasteiger partial charge in [-0.15, -0.1) is 0 Å². The van der Waals surface area contributed by atoms with Crippen LogP contribution in [0.5, 0.6) is 0 Å². The van der Waals surface area contributed by atoms with E-state index in [-0.39, 0.29) is 16.5 Å². The Kier molecular flexibility index (Phi) is 5.88. The average molecular weight is 382 g/mol. The fourth-order valence-electron chi connectivity index (χ4n) is 2.03. The van der Waals surface area contributed by atoms with Gasteiger partial charge < -0.3 is 5.32 Å². The number of rotatable bonds is 4. The van der Waals surface area contributed by atoms with Crippen LogP contribution in [0.1, 0.15) is 18.1 Å². The second-order valence-electron chi connectivity index (χ2n) is 5.11. The van der Waals surface area contributed by atoms with E-state index in [0.717, 1.165) is 6.07 Å². The van der Waals surface area contributed by atoms with Crippen LogP contribution in [0.3, 0.4) is 0 Å². The predicted octanol–water partition coefficient (Wildman–Crippen LogP) is 4.32. The zero-order valence-electron chi connectivity index (χ0n) is 13.4. The van der Waals surface area contributed by atoms with Gasteiger partial charge in [0.05, 0.1) is 21.9 Å². The van der Waals surface area contributed by atoms with E-state index in [9.17, 15) is 23.3 Å². The molecule has 0 spiro atoms. The van der Waals surface area contributed by atoms with Crippen LogP contribution in [-0.4, -0.2) is 15.7 Å². The van der Waals surface area contributed by atoms with Gasteiger partial charge in [0.1, 0.15) is 0 Å². The molecule has 0 heterocycles. The lowest BCUT2D eigenvalue weighted by atomic mass is 10.1. The number of benzene rings is 2. The first-order valence-electron chi connectivity index (χ1n) is 7.21. The van der Waals surface area contributed by atoms with Crippen molar-refractivity contribution in [2.75, 3.05) is 5.32 Å². The Morgan fingerprint density at radius 2 is 1.88 bits per heavy atom. The van der Waals surface area contributed by atoms with E-state index in [2.05, 4.69) is 15.8 Å². The van der Waals surface area contributed by atoms with Crippen molar-refractivity contribution in [2.45, 2.75) is 13.1 Å². The van der Waals surface area contributed by atoms with Gasteiger partial charge in [-0.3, -0.25) is 15.5 Å². The summed E-state index contributed by atoms with van der Waals surface area (Å²) in [5.41, 5.74) is 2.12. The SMILES string of the molecule is C/C(=N/NC(=S)Nc1ccccc1C(F)(F)F)c1cccc([N+](=O)[O-])c1. The van der Waals surface area contributed by atoms with Crippen LogP contribution < -0.4 is 10.7 Å². The number of nitro benzene ring substituents is 1. The molecule has 0 unspecified atom stereocenters. The Hall–Kier alpha value is -3.01. The third-order valence-corrected chi connectivity index (χ3v) is 3.47. The molecule has 0 atom stereocenters. The lowest BCUT2D eigenvalue weighted by Gasteiger charge is -2.14. The van der Waals surface area contributed by atoms with Crippen molar-refractivity contribution in [2.24, 2.45) is 5.10 Å². The van der Waals surface area contributed by atoms with Crippen LogP contribution >= 0.6 is 12.2 Å². The molecule has 0 saturated heterocycles. The Labute approximate surface area is 151 Å². The molecule has 0 amide bonds. The Morgan fingerprint density at radius 3 is 2.54 bits per heavy atom. The largest absolute Gasteiger partial charge is 0.418 e. The molecular weight excluding hydrogens is 369 g/mol. The Balaban J connectivity index is 2.10. The summed E-state index contributed by atoms with van der Waals surface area (Å²) in [4.78, 5) is 10.2. The minimum Gasteiger partial charge on any atom is -0.331 e. The molecule has 2 rings (SSSR count). The summed E-state index contributed by atoms with van der Waals surface area (Å²) in [5, 5.41) is 17.0. The number of non-ortho nitro benzene ring substituents is 1. The number of hydrogen-bond acceptors (Lipinski definition) is 4. The molecule has 0 aliphatic carbocycles. The maximum atomic E-state index is 13.0. The van der Waals surface area contributed by atoms with Crippen LogP contribution in [0.4, 0.5) is 24.5 Å². The van der Waals surface area contributed by atoms with Crippen molar-refractivity contribution in [3.63, 3.8) is 0 Å². The van der Waals surface area contributed by atoms with E-state index in [1.165, 1.54) is 36.4 Å². The number of alkyl halides is 3. The molecule has 0 aromatic heterocycles. The lowest BCUT2D eigenvalue weighted by molar-refractivity contribution is -0.384. The monoisotopic (exact) mass is 382 g/mol. The molecular formula is C16H13F3N4O2S. The highest BCUT2D eigenvalue weighted by Crippen LogP contribution is 2.34. The summed E-state index contributed by atoms with van der Waals surface area (Å²) in [5.74, 6) is 0. The van der Waals surface area contributed by atoms with Gasteiger partial charge >= 0.3 is 6.18 Å². The van der Waals surface area contributed by atoms with Gasteiger partial charge in [0, 0.05) is 17.7 Å². The number of nitro groups is 1. The minimum absolute atomic E-state index is 0.100. The van der Waals surface area contributed by atoms with Crippen molar-refractivity contribution in [1.82, 2.24) is 5.43 Å². The van der Waals surface area contributed by atoms with Gasteiger partial charge in [0.2, 0.25) is 0 Å². The molecule has 0 bridgehead atoms. The highest BCUT2D eigenvalue weighted by atomic mass is 32.1. The summed E-state index contributed by atoms with van der Waals surface area (Å²) in [6.07, 6.45) is -4.53. The molecule has 26 heavy (non-hydrogen) atoms. The lowest BCUT2D eigenvalue weighted by Crippen LogP contribution is -2.26. The second-order valence-corrected chi connectivity index (χ2v) is 5.52. The first-order chi connectivity index (χ1) is 12.2. The van der Waals surface area contributed by atoms with Gasteiger partial charge in [-0.1, -0.05) is 24.3 Å². The van der Waals surface area contributed by atoms with Gasteiger partial charge in [-0.2, -0.15) is 18.3 Å². The minimum atomic E-state index is -4.53. The van der Waals surface area contributed by atoms with E-state index in [4.69, 9.17) is 12.2 Å². The number of thiocarbonyl (C=S) groups is 1. The quantitative estimate of drug-likeness (QED) is 0.356. The molecule has 10 heteroatoms. The molecule has 0 saturated carbocycles. The average Bonchev–Trinajstić information content (AvgIpc) is 2.59. The number of nitrogens with zero attached hydrogens (tertiary/aromatic N) is 2. The number of para-hydroxylation sites is 1. The predicted molar refractivity (Wildman–Crippen MR) is 96.1 cm³/mol. The first kappa shape index (κ1) is 19.3. The van der Waals surface area contributed by atoms with Crippen LogP contribution in [0, 0.1) is 10.1 Å². The van der Waals surface area contributed by atoms with Crippen LogP contribution in [0.15, 0.2) is 53.6 Å². The van der Waals surface area contributed by atoms with Crippen molar-refractivity contribution < 1.29 is 18.1 Å². The van der Waals surface area contributed by atoms with Crippen molar-refractivity contribution in [3.05, 3.63) is 69.8 Å². The molecule has 0 fully saturated rings. The Morgan fingerprint density at radius 1 is 1.19 bits per heavy atom. The Bertz CT molecular complexity index is 869. The van der Waals surface area contributed by atoms with Gasteiger partial charge in [-0.05, 0) is 31.3 Å². The van der Waals surface area contributed by atoms with Crippen molar-refractivity contribution >= 4 is 34.4 Å². The van der Waals surface area contributed by atoms with Gasteiger partial charge in [0.15, 0.2) is 5.11 Å². The van der Waals surface area contributed by atoms with Crippen LogP contribution in [-0.2, 0) is 6.18 Å². The van der Waals surface area contributed by atoms with E-state index < -0.39 is 16.7 Å². The highest BCUT2D eigenvalue weighted by Gasteiger charge is 2.33. The number of hydrazone groups is 1. The van der Waals surface area contributed by atoms with E-state index in [1.807, 2.05) is 0 Å². The molecule has 2 N–H and O–H groups in total. The topological polar surface area (TPSA) is 79.6 Å². The molecule has 6 nitrogen and oxygen atoms in total. The summed E-state index contributed by atoms with van der Waals surface area (Å²) in [6, 6.07) is 10.7. The normalized spacial score (nSPS) is 11.8. The zero-order chi connectivity index (χ0) is 19.3. The van der Waals surface area contributed by atoms with E-state index in [0.29, 0.717) is 11.3 Å². The number of anilines is 1. The third kappa shape index (κ3) is 4.99. The summed E-state index contributed by atoms with van der Waals surface area (Å²) >= 11 is 4.95. The molecule has 2 aromatic carbocycles. The number of halogens is 3.